The van der Waals surface area contributed by atoms with E-state index in [0.29, 0.717) is 13.5 Å². The molecule has 9 rings (SSSR count). The zero-order valence-corrected chi connectivity index (χ0v) is 42.4. The largest absolute Gasteiger partial charge is 0.361 e. The van der Waals surface area contributed by atoms with Crippen LogP contribution in [0.4, 0.5) is 13.2 Å². The fraction of sp³-hybridized carbons (Fsp3) is 0.222. The van der Waals surface area contributed by atoms with Gasteiger partial charge in [0.2, 0.25) is 0 Å². The molecule has 11 nitrogen and oxygen atoms in total. The number of ether oxygens (including phenoxy) is 2. The Morgan fingerprint density at radius 1 is 0.429 bits per heavy atom. The van der Waals surface area contributed by atoms with Gasteiger partial charge < -0.3 is 23.6 Å². The number of hydrogen-bond acceptors (Lipinski definition) is 8. The van der Waals surface area contributed by atoms with E-state index in [4.69, 9.17) is 9.47 Å². The lowest BCUT2D eigenvalue weighted by atomic mass is 10.1. The molecule has 0 radical (unpaired) electrons. The van der Waals surface area contributed by atoms with Crippen molar-refractivity contribution in [3.63, 3.8) is 0 Å². The number of benzene rings is 3. The van der Waals surface area contributed by atoms with Crippen molar-refractivity contribution >= 4 is 16.1 Å². The summed E-state index contributed by atoms with van der Waals surface area (Å²) in [5.41, 5.74) is 10.9. The summed E-state index contributed by atoms with van der Waals surface area (Å²) in [5.74, 6) is -0.760. The van der Waals surface area contributed by atoms with Gasteiger partial charge in [0.15, 0.2) is 0 Å². The van der Waals surface area contributed by atoms with Gasteiger partial charge in [-0.2, -0.15) is 0 Å². The molecule has 0 fully saturated rings. The van der Waals surface area contributed by atoms with Gasteiger partial charge in [-0.1, -0.05) is 39.3 Å². The molecule has 0 saturated heterocycles. The number of nitrogens with one attached hydrogen (secondary N) is 1. The SMILES string of the molecule is C[Si](C)(C)CCOCn1cnc(-c2ccc(F)cc2)c1-c1ccncc1.C[Si](C)(C)CCOCn1cnc(-c2ccncc2)c1-c1ccc(F)cc1.Fc1ccc(-c2nc[nH]c2-c2ccncc2)cc1. The summed E-state index contributed by atoms with van der Waals surface area (Å²) in [6.07, 6.45) is 15.6. The van der Waals surface area contributed by atoms with E-state index in [0.717, 1.165) is 92.8 Å². The number of pyridine rings is 3. The molecule has 0 amide bonds. The molecule has 360 valence electrons. The highest BCUT2D eigenvalue weighted by Crippen LogP contribution is 2.33. The lowest BCUT2D eigenvalue weighted by molar-refractivity contribution is 0.0881. The van der Waals surface area contributed by atoms with Crippen LogP contribution in [0.1, 0.15) is 0 Å². The molecule has 1 N–H and O–H groups in total. The maximum atomic E-state index is 13.4. The number of aromatic amines is 1. The third-order valence-electron chi connectivity index (χ3n) is 11.0. The summed E-state index contributed by atoms with van der Waals surface area (Å²) < 4.78 is 55.3. The monoisotopic (exact) mass is 977 g/mol. The lowest BCUT2D eigenvalue weighted by Gasteiger charge is -2.16. The first-order chi connectivity index (χ1) is 33.7. The number of nitrogens with zero attached hydrogens (tertiary/aromatic N) is 8. The molecule has 3 aromatic carbocycles. The van der Waals surface area contributed by atoms with Crippen molar-refractivity contribution in [2.24, 2.45) is 0 Å². The summed E-state index contributed by atoms with van der Waals surface area (Å²) in [6.45, 7) is 16.4. The fourth-order valence-electron chi connectivity index (χ4n) is 7.17. The van der Waals surface area contributed by atoms with E-state index in [1.165, 1.54) is 36.4 Å². The molecular formula is C54H58F3N9O2Si2. The Morgan fingerprint density at radius 2 is 0.771 bits per heavy atom. The summed E-state index contributed by atoms with van der Waals surface area (Å²) in [5, 5.41) is 0. The van der Waals surface area contributed by atoms with Crippen LogP contribution in [0.3, 0.4) is 0 Å². The number of imidazole rings is 3. The van der Waals surface area contributed by atoms with E-state index in [9.17, 15) is 13.2 Å². The summed E-state index contributed by atoms with van der Waals surface area (Å²) in [7, 11) is -2.24. The van der Waals surface area contributed by atoms with Crippen LogP contribution in [-0.4, -0.2) is 73.4 Å². The molecule has 0 aliphatic carbocycles. The van der Waals surface area contributed by atoms with Crippen LogP contribution < -0.4 is 0 Å². The van der Waals surface area contributed by atoms with Crippen molar-refractivity contribution in [3.05, 3.63) is 183 Å². The molecule has 0 aliphatic heterocycles. The van der Waals surface area contributed by atoms with Crippen molar-refractivity contribution in [1.29, 1.82) is 0 Å². The van der Waals surface area contributed by atoms with Gasteiger partial charge in [-0.15, -0.1) is 0 Å². The van der Waals surface area contributed by atoms with Crippen LogP contribution in [0.15, 0.2) is 165 Å². The minimum atomic E-state index is -1.13. The molecule has 0 bridgehead atoms. The van der Waals surface area contributed by atoms with E-state index < -0.39 is 16.1 Å². The molecule has 16 heteroatoms. The molecule has 0 aliphatic rings. The van der Waals surface area contributed by atoms with Crippen LogP contribution >= 0.6 is 0 Å². The summed E-state index contributed by atoms with van der Waals surface area (Å²) in [6, 6.07) is 33.0. The Labute approximate surface area is 409 Å². The standard InChI is InChI=1S/2C20H24FN3OSi.C14H10FN3/c1-26(2,3)13-12-25-15-24-14-23-19(16-8-10-22-11-9-16)20(24)17-4-6-18(21)7-5-17;1-26(2,3)13-12-25-15-24-14-23-19(16-4-6-18(21)7-5-16)20(24)17-8-10-22-11-9-17;15-12-3-1-10(2-4-12)13-14(18-9-17-13)11-5-7-16-8-6-11/h2*4-11,14H,12-13,15H2,1-3H3;1-9H,(H,17,18). The first-order valence-corrected chi connectivity index (χ1v) is 30.4. The molecule has 0 saturated carbocycles. The molecular weight excluding hydrogens is 920 g/mol. The van der Waals surface area contributed by atoms with Gasteiger partial charge in [-0.05, 0) is 121 Å². The summed E-state index contributed by atoms with van der Waals surface area (Å²) in [4.78, 5) is 28.7. The molecule has 70 heavy (non-hydrogen) atoms. The second-order valence-electron chi connectivity index (χ2n) is 18.9. The number of halogens is 3. The van der Waals surface area contributed by atoms with E-state index >= 15 is 0 Å². The highest BCUT2D eigenvalue weighted by atomic mass is 28.3. The average molecular weight is 978 g/mol. The maximum Gasteiger partial charge on any atom is 0.124 e. The Balaban J connectivity index is 0.000000157. The average Bonchev–Trinajstić information content (AvgIpc) is 4.13. The predicted octanol–water partition coefficient (Wildman–Crippen LogP) is 13.4. The highest BCUT2D eigenvalue weighted by molar-refractivity contribution is 6.76. The minimum Gasteiger partial charge on any atom is -0.361 e. The van der Waals surface area contributed by atoms with E-state index in [2.05, 4.69) is 74.2 Å². The van der Waals surface area contributed by atoms with Crippen molar-refractivity contribution in [2.75, 3.05) is 13.2 Å². The zero-order chi connectivity index (χ0) is 49.5. The molecule has 0 spiro atoms. The van der Waals surface area contributed by atoms with Gasteiger partial charge in [-0.3, -0.25) is 15.0 Å². The van der Waals surface area contributed by atoms with Gasteiger partial charge in [0.1, 0.15) is 30.9 Å². The zero-order valence-electron chi connectivity index (χ0n) is 40.4. The van der Waals surface area contributed by atoms with E-state index in [1.807, 2.05) is 45.5 Å². The van der Waals surface area contributed by atoms with Crippen LogP contribution in [0.2, 0.25) is 51.4 Å². The van der Waals surface area contributed by atoms with Crippen LogP contribution in [0, 0.1) is 17.5 Å². The third kappa shape index (κ3) is 14.5. The normalized spacial score (nSPS) is 11.4. The second-order valence-corrected chi connectivity index (χ2v) is 30.1. The summed E-state index contributed by atoms with van der Waals surface area (Å²) >= 11 is 0. The van der Waals surface area contributed by atoms with Gasteiger partial charge in [0.25, 0.3) is 0 Å². The second kappa shape index (κ2) is 23.9. The van der Waals surface area contributed by atoms with Crippen molar-refractivity contribution in [3.8, 4) is 67.5 Å². The molecule has 0 atom stereocenters. The van der Waals surface area contributed by atoms with Crippen molar-refractivity contribution < 1.29 is 22.6 Å². The third-order valence-corrected chi connectivity index (χ3v) is 14.4. The van der Waals surface area contributed by atoms with Crippen molar-refractivity contribution in [1.82, 2.24) is 44.0 Å². The molecule has 6 heterocycles. The Morgan fingerprint density at radius 3 is 1.19 bits per heavy atom. The minimum absolute atomic E-state index is 0.250. The van der Waals surface area contributed by atoms with Gasteiger partial charge in [0.05, 0.1) is 53.1 Å². The van der Waals surface area contributed by atoms with Crippen LogP contribution in [0.25, 0.3) is 67.5 Å². The molecule has 0 unspecified atom stereocenters. The Bertz CT molecular complexity index is 2980. The molecule has 9 aromatic rings. The van der Waals surface area contributed by atoms with Gasteiger partial charge >= 0.3 is 0 Å². The number of rotatable bonds is 16. The number of hydrogen-bond donors (Lipinski definition) is 1. The fourth-order valence-corrected chi connectivity index (χ4v) is 8.68. The lowest BCUT2D eigenvalue weighted by Crippen LogP contribution is -2.22. The predicted molar refractivity (Wildman–Crippen MR) is 277 cm³/mol. The first-order valence-electron chi connectivity index (χ1n) is 23.0. The Hall–Kier alpha value is -7.12. The quantitative estimate of drug-likeness (QED) is 0.0750. The van der Waals surface area contributed by atoms with Gasteiger partial charge in [-0.25, -0.2) is 28.1 Å². The maximum absolute atomic E-state index is 13.4. The van der Waals surface area contributed by atoms with Crippen LogP contribution in [-0.2, 0) is 22.9 Å². The van der Waals surface area contributed by atoms with Crippen molar-refractivity contribution in [2.45, 2.75) is 64.8 Å². The smallest absolute Gasteiger partial charge is 0.124 e. The van der Waals surface area contributed by atoms with E-state index in [-0.39, 0.29) is 17.5 Å². The number of H-pyrrole nitrogens is 1. The number of aromatic nitrogens is 9. The highest BCUT2D eigenvalue weighted by Gasteiger charge is 2.19. The Kier molecular flexibility index (Phi) is 17.4. The van der Waals surface area contributed by atoms with E-state index in [1.54, 1.807) is 92.6 Å². The topological polar surface area (TPSA) is 121 Å². The van der Waals surface area contributed by atoms with Gasteiger partial charge in [0, 0.05) is 99.9 Å². The molecule has 6 aromatic heterocycles. The first kappa shape index (κ1) is 50.8. The van der Waals surface area contributed by atoms with Crippen LogP contribution in [0.5, 0.6) is 0 Å².